The van der Waals surface area contributed by atoms with Crippen LogP contribution in [-0.2, 0) is 7.05 Å². The van der Waals surface area contributed by atoms with Crippen LogP contribution in [0.2, 0.25) is 5.02 Å². The second kappa shape index (κ2) is 4.98. The highest BCUT2D eigenvalue weighted by Gasteiger charge is 2.12. The van der Waals surface area contributed by atoms with Gasteiger partial charge in [0.1, 0.15) is 5.82 Å². The van der Waals surface area contributed by atoms with Crippen molar-refractivity contribution in [3.05, 3.63) is 46.5 Å². The highest BCUT2D eigenvalue weighted by Crippen LogP contribution is 2.24. The van der Waals surface area contributed by atoms with Gasteiger partial charge in [0.15, 0.2) is 0 Å². The van der Waals surface area contributed by atoms with E-state index in [1.165, 1.54) is 12.1 Å². The molecule has 0 aliphatic rings. The van der Waals surface area contributed by atoms with E-state index in [2.05, 4.69) is 10.4 Å². The fraction of sp³-hybridized carbons (Fsp3) is 0.308. The van der Waals surface area contributed by atoms with E-state index in [0.29, 0.717) is 10.7 Å². The first-order valence-corrected chi connectivity index (χ1v) is 6.06. The van der Waals surface area contributed by atoms with Crippen LogP contribution in [0.4, 0.5) is 10.1 Å². The van der Waals surface area contributed by atoms with Crippen LogP contribution in [0.5, 0.6) is 0 Å². The van der Waals surface area contributed by atoms with Gasteiger partial charge in [-0.15, -0.1) is 0 Å². The molecule has 0 aliphatic carbocycles. The molecule has 0 amide bonds. The molecule has 2 aromatic rings. The molecule has 3 nitrogen and oxygen atoms in total. The molecule has 1 aromatic carbocycles. The average molecular weight is 268 g/mol. The van der Waals surface area contributed by atoms with E-state index in [1.54, 1.807) is 10.7 Å². The van der Waals surface area contributed by atoms with Gasteiger partial charge in [0.2, 0.25) is 0 Å². The van der Waals surface area contributed by atoms with Crippen molar-refractivity contribution < 1.29 is 4.39 Å². The molecule has 1 atom stereocenters. The van der Waals surface area contributed by atoms with E-state index in [1.807, 2.05) is 27.1 Å². The lowest BCUT2D eigenvalue weighted by Crippen LogP contribution is -2.07. The number of anilines is 1. The summed E-state index contributed by atoms with van der Waals surface area (Å²) in [5.41, 5.74) is 2.70. The van der Waals surface area contributed by atoms with Gasteiger partial charge in [0.25, 0.3) is 0 Å². The Kier molecular flexibility index (Phi) is 3.57. The molecule has 18 heavy (non-hydrogen) atoms. The average Bonchev–Trinajstić information content (AvgIpc) is 2.56. The summed E-state index contributed by atoms with van der Waals surface area (Å²) < 4.78 is 15.0. The third-order valence-electron chi connectivity index (χ3n) is 2.76. The van der Waals surface area contributed by atoms with E-state index < -0.39 is 0 Å². The Labute approximate surface area is 111 Å². The second-order valence-electron chi connectivity index (χ2n) is 4.37. The van der Waals surface area contributed by atoms with Gasteiger partial charge in [-0.2, -0.15) is 5.10 Å². The smallest absolute Gasteiger partial charge is 0.126 e. The minimum Gasteiger partial charge on any atom is -0.378 e. The predicted octanol–water partition coefficient (Wildman–Crippen LogP) is 3.69. The van der Waals surface area contributed by atoms with E-state index in [-0.39, 0.29) is 11.9 Å². The quantitative estimate of drug-likeness (QED) is 0.919. The normalized spacial score (nSPS) is 12.5. The molecule has 0 bridgehead atoms. The first-order valence-electron chi connectivity index (χ1n) is 5.68. The van der Waals surface area contributed by atoms with E-state index >= 15 is 0 Å². The Morgan fingerprint density at radius 1 is 1.39 bits per heavy atom. The zero-order chi connectivity index (χ0) is 13.3. The third kappa shape index (κ3) is 2.82. The van der Waals surface area contributed by atoms with Crippen molar-refractivity contribution in [1.29, 1.82) is 0 Å². The van der Waals surface area contributed by atoms with Gasteiger partial charge in [-0.3, -0.25) is 4.68 Å². The van der Waals surface area contributed by atoms with Crippen LogP contribution >= 0.6 is 11.6 Å². The number of hydrogen-bond acceptors (Lipinski definition) is 2. The molecule has 5 heteroatoms. The third-order valence-corrected chi connectivity index (χ3v) is 2.98. The van der Waals surface area contributed by atoms with Crippen molar-refractivity contribution in [2.24, 2.45) is 7.05 Å². The van der Waals surface area contributed by atoms with Gasteiger partial charge in [-0.25, -0.2) is 4.39 Å². The highest BCUT2D eigenvalue weighted by molar-refractivity contribution is 6.30. The summed E-state index contributed by atoms with van der Waals surface area (Å²) >= 11 is 5.82. The molecule has 1 aromatic heterocycles. The van der Waals surface area contributed by atoms with Crippen LogP contribution in [0.3, 0.4) is 0 Å². The minimum absolute atomic E-state index is 0.0385. The number of nitrogens with one attached hydrogen (secondary N) is 1. The number of aromatic nitrogens is 2. The Hall–Kier alpha value is -1.55. The molecule has 0 aliphatic heterocycles. The van der Waals surface area contributed by atoms with Gasteiger partial charge < -0.3 is 5.32 Å². The zero-order valence-electron chi connectivity index (χ0n) is 10.5. The van der Waals surface area contributed by atoms with Crippen LogP contribution in [0.1, 0.15) is 24.2 Å². The first kappa shape index (κ1) is 12.9. The minimum atomic E-state index is -0.347. The van der Waals surface area contributed by atoms with Crippen LogP contribution in [0, 0.1) is 12.7 Å². The summed E-state index contributed by atoms with van der Waals surface area (Å²) in [6.45, 7) is 3.95. The SMILES string of the molecule is Cc1nn(C)cc1C(C)Nc1cc(F)cc(Cl)c1. The monoisotopic (exact) mass is 267 g/mol. The molecule has 0 radical (unpaired) electrons. The van der Waals surface area contributed by atoms with Crippen molar-refractivity contribution in [3.8, 4) is 0 Å². The fourth-order valence-corrected chi connectivity index (χ4v) is 2.23. The van der Waals surface area contributed by atoms with Crippen LogP contribution in [0.25, 0.3) is 0 Å². The van der Waals surface area contributed by atoms with Gasteiger partial charge >= 0.3 is 0 Å². The second-order valence-corrected chi connectivity index (χ2v) is 4.80. The molecular formula is C13H15ClFN3. The summed E-state index contributed by atoms with van der Waals surface area (Å²) in [4.78, 5) is 0. The summed E-state index contributed by atoms with van der Waals surface area (Å²) in [5.74, 6) is -0.347. The van der Waals surface area contributed by atoms with Crippen molar-refractivity contribution in [3.63, 3.8) is 0 Å². The van der Waals surface area contributed by atoms with Gasteiger partial charge in [0, 0.05) is 29.5 Å². The summed E-state index contributed by atoms with van der Waals surface area (Å²) in [6, 6.07) is 4.45. The number of aryl methyl sites for hydroxylation is 2. The van der Waals surface area contributed by atoms with E-state index in [9.17, 15) is 4.39 Å². The highest BCUT2D eigenvalue weighted by atomic mass is 35.5. The van der Waals surface area contributed by atoms with Crippen molar-refractivity contribution in [1.82, 2.24) is 9.78 Å². The molecule has 1 N–H and O–H groups in total. The predicted molar refractivity (Wildman–Crippen MR) is 71.4 cm³/mol. The van der Waals surface area contributed by atoms with Crippen molar-refractivity contribution >= 4 is 17.3 Å². The maximum absolute atomic E-state index is 13.2. The first-order chi connectivity index (χ1) is 8.45. The number of benzene rings is 1. The standard InChI is InChI=1S/C13H15ClFN3/c1-8(13-7-18(3)17-9(13)2)16-12-5-10(14)4-11(15)6-12/h4-8,16H,1-3H3. The van der Waals surface area contributed by atoms with Gasteiger partial charge in [0.05, 0.1) is 11.7 Å². The molecule has 0 saturated carbocycles. The van der Waals surface area contributed by atoms with E-state index in [0.717, 1.165) is 11.3 Å². The molecule has 2 rings (SSSR count). The Bertz CT molecular complexity index is 545. The number of hydrogen-bond donors (Lipinski definition) is 1. The Morgan fingerprint density at radius 3 is 2.67 bits per heavy atom. The van der Waals surface area contributed by atoms with Crippen LogP contribution in [0.15, 0.2) is 24.4 Å². The Morgan fingerprint density at radius 2 is 2.11 bits per heavy atom. The lowest BCUT2D eigenvalue weighted by Gasteiger charge is -2.15. The summed E-state index contributed by atoms with van der Waals surface area (Å²) in [7, 11) is 1.88. The zero-order valence-corrected chi connectivity index (χ0v) is 11.3. The van der Waals surface area contributed by atoms with Gasteiger partial charge in [-0.1, -0.05) is 11.6 Å². The van der Waals surface area contributed by atoms with Crippen LogP contribution in [-0.4, -0.2) is 9.78 Å². The largest absolute Gasteiger partial charge is 0.378 e. The molecule has 1 heterocycles. The van der Waals surface area contributed by atoms with Crippen molar-refractivity contribution in [2.45, 2.75) is 19.9 Å². The van der Waals surface area contributed by atoms with E-state index in [4.69, 9.17) is 11.6 Å². The van der Waals surface area contributed by atoms with Crippen molar-refractivity contribution in [2.75, 3.05) is 5.32 Å². The van der Waals surface area contributed by atoms with Gasteiger partial charge in [-0.05, 0) is 32.0 Å². The number of halogens is 2. The molecule has 1 unspecified atom stereocenters. The molecule has 0 fully saturated rings. The van der Waals surface area contributed by atoms with Crippen LogP contribution < -0.4 is 5.32 Å². The molecule has 0 saturated heterocycles. The lowest BCUT2D eigenvalue weighted by molar-refractivity contribution is 0.628. The summed E-state index contributed by atoms with van der Waals surface area (Å²) in [6.07, 6.45) is 1.95. The topological polar surface area (TPSA) is 29.9 Å². The Balaban J connectivity index is 2.20. The number of nitrogens with zero attached hydrogens (tertiary/aromatic N) is 2. The molecule has 96 valence electrons. The number of rotatable bonds is 3. The molecular weight excluding hydrogens is 253 g/mol. The lowest BCUT2D eigenvalue weighted by atomic mass is 10.1. The fourth-order valence-electron chi connectivity index (χ4n) is 2.01. The molecule has 0 spiro atoms. The summed E-state index contributed by atoms with van der Waals surface area (Å²) in [5, 5.41) is 7.88. The maximum Gasteiger partial charge on any atom is 0.126 e. The maximum atomic E-state index is 13.2.